The number of hydrogen-bond donors (Lipinski definition) is 1. The molecule has 0 radical (unpaired) electrons. The highest BCUT2D eigenvalue weighted by Gasteiger charge is 2.36. The van der Waals surface area contributed by atoms with Crippen molar-refractivity contribution in [1.29, 1.82) is 0 Å². The smallest absolute Gasteiger partial charge is 0.338 e. The van der Waals surface area contributed by atoms with Crippen LogP contribution in [-0.4, -0.2) is 30.9 Å². The van der Waals surface area contributed by atoms with E-state index in [2.05, 4.69) is 5.32 Å². The first-order chi connectivity index (χ1) is 14.5. The van der Waals surface area contributed by atoms with Crippen LogP contribution < -0.4 is 19.7 Å². The van der Waals surface area contributed by atoms with Gasteiger partial charge in [0.15, 0.2) is 16.6 Å². The fourth-order valence-electron chi connectivity index (χ4n) is 3.84. The monoisotopic (exact) mass is 424 g/mol. The van der Waals surface area contributed by atoms with Crippen LogP contribution in [0, 0.1) is 6.92 Å². The summed E-state index contributed by atoms with van der Waals surface area (Å²) in [6.07, 6.45) is 0. The summed E-state index contributed by atoms with van der Waals surface area (Å²) in [7, 11) is 0. The molecule has 2 heterocycles. The molecule has 30 heavy (non-hydrogen) atoms. The van der Waals surface area contributed by atoms with Crippen LogP contribution in [0.2, 0.25) is 0 Å². The van der Waals surface area contributed by atoms with Crippen LogP contribution in [0.4, 0.5) is 5.69 Å². The molecule has 0 spiro atoms. The SMILES string of the molecule is CCOC(=O)C1=C(C)N(c2ccc3c(c2)OCCO3)C(=S)N[C@H]1c1ccccc1C. The zero-order valence-electron chi connectivity index (χ0n) is 17.2. The number of anilines is 1. The number of nitrogens with one attached hydrogen (secondary N) is 1. The maximum absolute atomic E-state index is 13.0. The molecule has 1 N–H and O–H groups in total. The van der Waals surface area contributed by atoms with Crippen LogP contribution in [0.25, 0.3) is 0 Å². The third kappa shape index (κ3) is 3.61. The van der Waals surface area contributed by atoms with Crippen LogP contribution in [-0.2, 0) is 9.53 Å². The summed E-state index contributed by atoms with van der Waals surface area (Å²) >= 11 is 5.72. The summed E-state index contributed by atoms with van der Waals surface area (Å²) < 4.78 is 16.7. The van der Waals surface area contributed by atoms with Gasteiger partial charge in [0.2, 0.25) is 0 Å². The van der Waals surface area contributed by atoms with Crippen molar-refractivity contribution in [3.8, 4) is 11.5 Å². The summed E-state index contributed by atoms with van der Waals surface area (Å²) in [4.78, 5) is 14.8. The zero-order valence-corrected chi connectivity index (χ0v) is 18.0. The maximum Gasteiger partial charge on any atom is 0.338 e. The van der Waals surface area contributed by atoms with E-state index < -0.39 is 0 Å². The van der Waals surface area contributed by atoms with Crippen LogP contribution >= 0.6 is 12.2 Å². The fraction of sp³-hybridized carbons (Fsp3) is 0.304. The van der Waals surface area contributed by atoms with E-state index in [0.29, 0.717) is 42.0 Å². The minimum absolute atomic E-state index is 0.296. The van der Waals surface area contributed by atoms with E-state index in [4.69, 9.17) is 26.4 Å². The lowest BCUT2D eigenvalue weighted by Gasteiger charge is -2.38. The first kappa shape index (κ1) is 20.2. The molecule has 2 aromatic rings. The second-order valence-electron chi connectivity index (χ2n) is 7.12. The molecular weight excluding hydrogens is 400 g/mol. The Morgan fingerprint density at radius 3 is 2.63 bits per heavy atom. The molecule has 0 aromatic heterocycles. The summed E-state index contributed by atoms with van der Waals surface area (Å²) in [5, 5.41) is 3.85. The number of hydrogen-bond acceptors (Lipinski definition) is 5. The number of thiocarbonyl (C=S) groups is 1. The summed E-state index contributed by atoms with van der Waals surface area (Å²) in [6, 6.07) is 13.2. The number of carbonyl (C=O) groups excluding carboxylic acids is 1. The van der Waals surface area contributed by atoms with Crippen LogP contribution in [0.1, 0.15) is 31.0 Å². The molecule has 2 aliphatic rings. The number of benzene rings is 2. The van der Waals surface area contributed by atoms with E-state index in [1.807, 2.05) is 61.2 Å². The first-order valence-corrected chi connectivity index (χ1v) is 10.4. The topological polar surface area (TPSA) is 60.0 Å². The molecule has 0 fully saturated rings. The van der Waals surface area contributed by atoms with Gasteiger partial charge in [-0.3, -0.25) is 4.90 Å². The average molecular weight is 425 g/mol. The van der Waals surface area contributed by atoms with Gasteiger partial charge in [0.25, 0.3) is 0 Å². The van der Waals surface area contributed by atoms with Crippen LogP contribution in [0.3, 0.4) is 0 Å². The number of carbonyl (C=O) groups is 1. The Morgan fingerprint density at radius 1 is 1.17 bits per heavy atom. The summed E-state index contributed by atoms with van der Waals surface area (Å²) in [5.41, 5.74) is 4.11. The molecule has 0 saturated heterocycles. The number of nitrogens with zero attached hydrogens (tertiary/aromatic N) is 1. The number of allylic oxidation sites excluding steroid dienone is 1. The van der Waals surface area contributed by atoms with E-state index in [0.717, 1.165) is 22.5 Å². The molecule has 2 aromatic carbocycles. The molecule has 0 amide bonds. The molecule has 0 bridgehead atoms. The van der Waals surface area contributed by atoms with E-state index in [9.17, 15) is 4.79 Å². The Labute approximate surface area is 181 Å². The fourth-order valence-corrected chi connectivity index (χ4v) is 4.20. The van der Waals surface area contributed by atoms with E-state index in [1.54, 1.807) is 6.92 Å². The summed E-state index contributed by atoms with van der Waals surface area (Å²) in [6.45, 7) is 7.03. The molecule has 156 valence electrons. The number of fused-ring (bicyclic) bond motifs is 1. The maximum atomic E-state index is 13.0. The quantitative estimate of drug-likeness (QED) is 0.587. The highest BCUT2D eigenvalue weighted by atomic mass is 32.1. The summed E-state index contributed by atoms with van der Waals surface area (Å²) in [5.74, 6) is 1.000. The Hall–Kier alpha value is -3.06. The lowest BCUT2D eigenvalue weighted by Crippen LogP contribution is -2.48. The van der Waals surface area contributed by atoms with Gasteiger partial charge in [-0.2, -0.15) is 0 Å². The van der Waals surface area contributed by atoms with Crippen molar-refractivity contribution < 1.29 is 19.0 Å². The van der Waals surface area contributed by atoms with Crippen molar-refractivity contribution in [3.63, 3.8) is 0 Å². The second kappa shape index (κ2) is 8.36. The van der Waals surface area contributed by atoms with Crippen molar-refractivity contribution in [3.05, 3.63) is 64.9 Å². The van der Waals surface area contributed by atoms with Crippen LogP contribution in [0.5, 0.6) is 11.5 Å². The number of ether oxygens (including phenoxy) is 3. The predicted molar refractivity (Wildman–Crippen MR) is 119 cm³/mol. The van der Waals surface area contributed by atoms with Gasteiger partial charge >= 0.3 is 5.97 Å². The lowest BCUT2D eigenvalue weighted by molar-refractivity contribution is -0.139. The minimum Gasteiger partial charge on any atom is -0.486 e. The van der Waals surface area contributed by atoms with Crippen LogP contribution in [0.15, 0.2) is 53.7 Å². The number of esters is 1. The molecular formula is C23H24N2O4S. The normalized spacial score (nSPS) is 18.2. The standard InChI is InChI=1S/C23H24N2O4S/c1-4-27-22(26)20-15(3)25(16-9-10-18-19(13-16)29-12-11-28-18)23(30)24-21(20)17-8-6-5-7-14(17)2/h5-10,13,21H,4,11-12H2,1-3H3,(H,24,30)/t21-/m0/s1. The second-order valence-corrected chi connectivity index (χ2v) is 7.51. The highest BCUT2D eigenvalue weighted by Crippen LogP contribution is 2.39. The average Bonchev–Trinajstić information content (AvgIpc) is 2.73. The molecule has 2 aliphatic heterocycles. The third-order valence-corrected chi connectivity index (χ3v) is 5.56. The minimum atomic E-state index is -0.383. The van der Waals surface area contributed by atoms with Crippen molar-refractivity contribution in [2.24, 2.45) is 0 Å². The van der Waals surface area contributed by atoms with Gasteiger partial charge in [-0.25, -0.2) is 4.79 Å². The van der Waals surface area contributed by atoms with E-state index in [1.165, 1.54) is 0 Å². The zero-order chi connectivity index (χ0) is 21.3. The molecule has 7 heteroatoms. The van der Waals surface area contributed by atoms with Crippen molar-refractivity contribution >= 4 is 29.0 Å². The number of aryl methyl sites for hydroxylation is 1. The van der Waals surface area contributed by atoms with E-state index in [-0.39, 0.29) is 12.0 Å². The van der Waals surface area contributed by atoms with Gasteiger partial charge in [-0.15, -0.1) is 0 Å². The molecule has 1 atom stereocenters. The molecule has 4 rings (SSSR count). The number of rotatable bonds is 4. The van der Waals surface area contributed by atoms with Gasteiger partial charge in [-0.05, 0) is 56.2 Å². The largest absolute Gasteiger partial charge is 0.486 e. The lowest BCUT2D eigenvalue weighted by atomic mass is 9.92. The van der Waals surface area contributed by atoms with Gasteiger partial charge in [-0.1, -0.05) is 24.3 Å². The van der Waals surface area contributed by atoms with Gasteiger partial charge in [0.05, 0.1) is 23.9 Å². The van der Waals surface area contributed by atoms with Gasteiger partial charge in [0.1, 0.15) is 13.2 Å². The first-order valence-electron chi connectivity index (χ1n) is 9.95. The van der Waals surface area contributed by atoms with Gasteiger partial charge in [0, 0.05) is 11.8 Å². The van der Waals surface area contributed by atoms with E-state index >= 15 is 0 Å². The molecule has 0 aliphatic carbocycles. The predicted octanol–water partition coefficient (Wildman–Crippen LogP) is 4.04. The molecule has 0 unspecified atom stereocenters. The molecule has 6 nitrogen and oxygen atoms in total. The van der Waals surface area contributed by atoms with Gasteiger partial charge < -0.3 is 19.5 Å². The Balaban J connectivity index is 1.82. The third-order valence-electron chi connectivity index (χ3n) is 5.26. The Bertz CT molecular complexity index is 1030. The van der Waals surface area contributed by atoms with Crippen molar-refractivity contribution in [2.75, 3.05) is 24.7 Å². The van der Waals surface area contributed by atoms with Crippen molar-refractivity contribution in [1.82, 2.24) is 5.32 Å². The van der Waals surface area contributed by atoms with Crippen molar-refractivity contribution in [2.45, 2.75) is 26.8 Å². The Morgan fingerprint density at radius 2 is 1.90 bits per heavy atom. The highest BCUT2D eigenvalue weighted by molar-refractivity contribution is 7.80. The Kier molecular flexibility index (Phi) is 5.63. The molecule has 0 saturated carbocycles.